The number of hydrogen-bond acceptors (Lipinski definition) is 8. The minimum Gasteiger partial charge on any atom is -0.478 e. The number of rotatable bonds is 7. The first-order chi connectivity index (χ1) is 14.0. The fourth-order valence-electron chi connectivity index (χ4n) is 2.37. The van der Waals surface area contributed by atoms with Crippen LogP contribution in [0.3, 0.4) is 0 Å². The molecule has 0 saturated carbocycles. The lowest BCUT2D eigenvalue weighted by Crippen LogP contribution is -2.17. The number of aromatic nitrogens is 4. The van der Waals surface area contributed by atoms with E-state index in [0.29, 0.717) is 16.5 Å². The average Bonchev–Trinajstić information content (AvgIpc) is 3.21. The highest BCUT2D eigenvalue weighted by Crippen LogP contribution is 2.20. The largest absolute Gasteiger partial charge is 0.478 e. The molecule has 11 heteroatoms. The molecule has 1 aromatic heterocycles. The minimum atomic E-state index is -1.04. The van der Waals surface area contributed by atoms with Gasteiger partial charge in [-0.15, -0.1) is 5.10 Å². The van der Waals surface area contributed by atoms with E-state index < -0.39 is 11.9 Å². The van der Waals surface area contributed by atoms with Crippen LogP contribution in [-0.4, -0.2) is 56.0 Å². The van der Waals surface area contributed by atoms with Gasteiger partial charge in [-0.25, -0.2) is 9.59 Å². The van der Waals surface area contributed by atoms with Crippen molar-refractivity contribution >= 4 is 35.3 Å². The summed E-state index contributed by atoms with van der Waals surface area (Å²) in [6.07, 6.45) is 0. The maximum atomic E-state index is 12.3. The van der Waals surface area contributed by atoms with Crippen LogP contribution in [0, 0.1) is 0 Å². The highest BCUT2D eigenvalue weighted by molar-refractivity contribution is 7.99. The topological polar surface area (TPSA) is 136 Å². The lowest BCUT2D eigenvalue weighted by Gasteiger charge is -2.09. The Bertz CT molecular complexity index is 1050. The Morgan fingerprint density at radius 3 is 2.55 bits per heavy atom. The number of anilines is 1. The third-order valence-electron chi connectivity index (χ3n) is 3.74. The van der Waals surface area contributed by atoms with Crippen molar-refractivity contribution in [3.05, 3.63) is 59.7 Å². The van der Waals surface area contributed by atoms with Gasteiger partial charge in [0.05, 0.1) is 35.4 Å². The number of carbonyl (C=O) groups is 3. The molecule has 0 aliphatic rings. The number of nitrogens with zero attached hydrogens (tertiary/aromatic N) is 4. The molecule has 0 unspecified atom stereocenters. The quantitative estimate of drug-likeness (QED) is 0.439. The molecule has 0 fully saturated rings. The molecule has 2 N–H and O–H groups in total. The molecule has 0 spiro atoms. The Kier molecular flexibility index (Phi) is 6.19. The molecule has 148 valence electrons. The molecular weight excluding hydrogens is 398 g/mol. The second kappa shape index (κ2) is 8.97. The van der Waals surface area contributed by atoms with Crippen LogP contribution in [0.1, 0.15) is 20.7 Å². The van der Waals surface area contributed by atoms with Gasteiger partial charge < -0.3 is 15.2 Å². The van der Waals surface area contributed by atoms with Gasteiger partial charge in [0, 0.05) is 0 Å². The van der Waals surface area contributed by atoms with Gasteiger partial charge >= 0.3 is 11.9 Å². The van der Waals surface area contributed by atoms with Gasteiger partial charge in [-0.3, -0.25) is 4.79 Å². The van der Waals surface area contributed by atoms with E-state index in [9.17, 15) is 14.4 Å². The standard InChI is InChI=1S/C18H15N5O5S/c1-28-17(27)13-4-2-3-5-14(13)19-15(24)10-29-18-20-21-22-23(18)12-8-6-11(7-9-12)16(25)26/h2-9H,10H2,1H3,(H,19,24)(H,25,26). The number of aromatic carboxylic acids is 1. The summed E-state index contributed by atoms with van der Waals surface area (Å²) in [6.45, 7) is 0. The summed E-state index contributed by atoms with van der Waals surface area (Å²) < 4.78 is 6.10. The second-order valence-corrected chi connectivity index (χ2v) is 6.54. The molecule has 0 saturated heterocycles. The summed E-state index contributed by atoms with van der Waals surface area (Å²) in [4.78, 5) is 35.0. The molecule has 0 aliphatic heterocycles. The minimum absolute atomic E-state index is 0.0108. The van der Waals surface area contributed by atoms with Crippen molar-refractivity contribution < 1.29 is 24.2 Å². The fraction of sp³-hybridized carbons (Fsp3) is 0.111. The molecule has 0 bridgehead atoms. The third kappa shape index (κ3) is 4.76. The van der Waals surface area contributed by atoms with Gasteiger partial charge in [0.1, 0.15) is 0 Å². The number of carboxylic acids is 1. The molecule has 0 radical (unpaired) electrons. The van der Waals surface area contributed by atoms with Crippen LogP contribution in [0.15, 0.2) is 53.7 Å². The molecule has 3 rings (SSSR count). The zero-order valence-electron chi connectivity index (χ0n) is 15.1. The van der Waals surface area contributed by atoms with Gasteiger partial charge in [-0.05, 0) is 46.8 Å². The first-order valence-corrected chi connectivity index (χ1v) is 9.20. The van der Waals surface area contributed by atoms with Crippen molar-refractivity contribution in [3.8, 4) is 5.69 Å². The highest BCUT2D eigenvalue weighted by atomic mass is 32.2. The summed E-state index contributed by atoms with van der Waals surface area (Å²) in [7, 11) is 1.26. The SMILES string of the molecule is COC(=O)c1ccccc1NC(=O)CSc1nnnn1-c1ccc(C(=O)O)cc1. The number of para-hydroxylation sites is 1. The number of methoxy groups -OCH3 is 1. The lowest BCUT2D eigenvalue weighted by molar-refractivity contribution is -0.113. The number of thioether (sulfide) groups is 1. The van der Waals surface area contributed by atoms with Crippen molar-refractivity contribution in [2.75, 3.05) is 18.2 Å². The Balaban J connectivity index is 1.67. The predicted octanol–water partition coefficient (Wildman–Crippen LogP) is 1.88. The number of benzene rings is 2. The van der Waals surface area contributed by atoms with Crippen molar-refractivity contribution in [3.63, 3.8) is 0 Å². The maximum absolute atomic E-state index is 12.3. The van der Waals surface area contributed by atoms with Crippen molar-refractivity contribution in [1.82, 2.24) is 20.2 Å². The predicted molar refractivity (Wildman–Crippen MR) is 103 cm³/mol. The number of carboxylic acid groups (broad SMARTS) is 1. The van der Waals surface area contributed by atoms with Crippen LogP contribution in [-0.2, 0) is 9.53 Å². The van der Waals surface area contributed by atoms with Crippen LogP contribution in [0.25, 0.3) is 5.69 Å². The number of esters is 1. The first kappa shape index (κ1) is 20.0. The molecule has 0 atom stereocenters. The zero-order valence-corrected chi connectivity index (χ0v) is 15.9. The fourth-order valence-corrected chi connectivity index (χ4v) is 3.06. The van der Waals surface area contributed by atoms with Crippen molar-refractivity contribution in [1.29, 1.82) is 0 Å². The number of ether oxygens (including phenoxy) is 1. The summed E-state index contributed by atoms with van der Waals surface area (Å²) in [5.41, 5.74) is 1.28. The number of nitrogens with one attached hydrogen (secondary N) is 1. The summed E-state index contributed by atoms with van der Waals surface area (Å²) in [5.74, 6) is -1.96. The maximum Gasteiger partial charge on any atom is 0.339 e. The average molecular weight is 413 g/mol. The number of tetrazole rings is 1. The van der Waals surface area contributed by atoms with Gasteiger partial charge in [0.2, 0.25) is 11.1 Å². The van der Waals surface area contributed by atoms with Gasteiger partial charge in [-0.2, -0.15) is 4.68 Å². The Morgan fingerprint density at radius 1 is 1.14 bits per heavy atom. The number of hydrogen-bond donors (Lipinski definition) is 2. The van der Waals surface area contributed by atoms with E-state index in [0.717, 1.165) is 11.8 Å². The molecule has 29 heavy (non-hydrogen) atoms. The summed E-state index contributed by atoms with van der Waals surface area (Å²) in [5, 5.41) is 23.3. The van der Waals surface area contributed by atoms with Crippen LogP contribution < -0.4 is 5.32 Å². The van der Waals surface area contributed by atoms with Crippen LogP contribution in [0.5, 0.6) is 0 Å². The van der Waals surface area contributed by atoms with E-state index in [1.165, 1.54) is 23.9 Å². The smallest absolute Gasteiger partial charge is 0.339 e. The lowest BCUT2D eigenvalue weighted by atomic mass is 10.2. The van der Waals surface area contributed by atoms with Crippen LogP contribution >= 0.6 is 11.8 Å². The molecule has 1 amide bonds. The van der Waals surface area contributed by atoms with E-state index in [1.54, 1.807) is 36.4 Å². The van der Waals surface area contributed by atoms with Gasteiger partial charge in [-0.1, -0.05) is 23.9 Å². The third-order valence-corrected chi connectivity index (χ3v) is 4.66. The van der Waals surface area contributed by atoms with E-state index >= 15 is 0 Å². The van der Waals surface area contributed by atoms with Crippen LogP contribution in [0.4, 0.5) is 5.69 Å². The Labute approximate surface area is 168 Å². The summed E-state index contributed by atoms with van der Waals surface area (Å²) in [6, 6.07) is 12.5. The van der Waals surface area contributed by atoms with E-state index in [1.807, 2.05) is 0 Å². The molecule has 10 nitrogen and oxygen atoms in total. The first-order valence-electron chi connectivity index (χ1n) is 8.21. The van der Waals surface area contributed by atoms with E-state index in [-0.39, 0.29) is 22.8 Å². The molecule has 3 aromatic rings. The molecular formula is C18H15N5O5S. The number of carbonyl (C=O) groups excluding carboxylic acids is 2. The molecule has 0 aliphatic carbocycles. The second-order valence-electron chi connectivity index (χ2n) is 5.60. The van der Waals surface area contributed by atoms with Crippen molar-refractivity contribution in [2.45, 2.75) is 5.16 Å². The number of amides is 1. The zero-order chi connectivity index (χ0) is 20.8. The Morgan fingerprint density at radius 2 is 1.86 bits per heavy atom. The van der Waals surface area contributed by atoms with Gasteiger partial charge in [0.15, 0.2) is 0 Å². The molecule has 1 heterocycles. The van der Waals surface area contributed by atoms with E-state index in [2.05, 4.69) is 20.8 Å². The Hall–Kier alpha value is -3.73. The van der Waals surface area contributed by atoms with Crippen LogP contribution in [0.2, 0.25) is 0 Å². The summed E-state index contributed by atoms with van der Waals surface area (Å²) >= 11 is 1.09. The van der Waals surface area contributed by atoms with Gasteiger partial charge in [0.25, 0.3) is 0 Å². The van der Waals surface area contributed by atoms with E-state index in [4.69, 9.17) is 9.84 Å². The highest BCUT2D eigenvalue weighted by Gasteiger charge is 2.15. The normalized spacial score (nSPS) is 10.4. The monoisotopic (exact) mass is 413 g/mol. The molecule has 2 aromatic carbocycles. The van der Waals surface area contributed by atoms with Crippen molar-refractivity contribution in [2.24, 2.45) is 0 Å².